The van der Waals surface area contributed by atoms with Gasteiger partial charge in [0.05, 0.1) is 6.42 Å². The number of urea groups is 1. The molecule has 1 atom stereocenters. The molecular formula is C11H17N3O6. The molecule has 1 rings (SSSR count). The average molecular weight is 287 g/mol. The molecule has 1 unspecified atom stereocenters. The molecule has 0 aromatic carbocycles. The van der Waals surface area contributed by atoms with Gasteiger partial charge >= 0.3 is 18.0 Å². The topological polar surface area (TPSA) is 136 Å². The molecule has 0 aromatic rings. The van der Waals surface area contributed by atoms with Crippen LogP contribution in [0.15, 0.2) is 0 Å². The Kier molecular flexibility index (Phi) is 4.53. The standard InChI is InChI=1S/C11H17N3O6/c1-11(2)9(19)12-3-4-14(11)10(20)13-6(8(17)18)5-7(15)16/h6H,3-5H2,1-2H3,(H,12,19)(H,13,20)(H,15,16)(H,17,18). The van der Waals surface area contributed by atoms with Gasteiger partial charge in [-0.05, 0) is 13.8 Å². The molecule has 0 aliphatic carbocycles. The van der Waals surface area contributed by atoms with E-state index in [-0.39, 0.29) is 19.0 Å². The number of nitrogens with zero attached hydrogens (tertiary/aromatic N) is 1. The summed E-state index contributed by atoms with van der Waals surface area (Å²) in [6.07, 6.45) is -0.735. The van der Waals surface area contributed by atoms with Crippen LogP contribution in [-0.2, 0) is 14.4 Å². The first kappa shape index (κ1) is 15.7. The van der Waals surface area contributed by atoms with Crippen molar-refractivity contribution in [1.82, 2.24) is 15.5 Å². The molecule has 9 heteroatoms. The number of aliphatic carboxylic acids is 2. The Morgan fingerprint density at radius 1 is 1.40 bits per heavy atom. The molecule has 0 bridgehead atoms. The smallest absolute Gasteiger partial charge is 0.326 e. The molecular weight excluding hydrogens is 270 g/mol. The summed E-state index contributed by atoms with van der Waals surface area (Å²) in [4.78, 5) is 46.4. The van der Waals surface area contributed by atoms with E-state index in [0.29, 0.717) is 0 Å². The van der Waals surface area contributed by atoms with E-state index in [4.69, 9.17) is 10.2 Å². The van der Waals surface area contributed by atoms with Crippen molar-refractivity contribution < 1.29 is 29.4 Å². The lowest BCUT2D eigenvalue weighted by atomic mass is 9.99. The Bertz CT molecular complexity index is 447. The number of amides is 3. The molecule has 3 amide bonds. The van der Waals surface area contributed by atoms with E-state index in [1.54, 1.807) is 0 Å². The molecule has 1 aliphatic rings. The lowest BCUT2D eigenvalue weighted by Crippen LogP contribution is -2.66. The number of carbonyl (C=O) groups is 4. The summed E-state index contributed by atoms with van der Waals surface area (Å²) in [5.74, 6) is -3.14. The van der Waals surface area contributed by atoms with Crippen LogP contribution < -0.4 is 10.6 Å². The van der Waals surface area contributed by atoms with Crippen LogP contribution in [0.3, 0.4) is 0 Å². The van der Waals surface area contributed by atoms with Crippen LogP contribution in [0, 0.1) is 0 Å². The molecule has 0 spiro atoms. The van der Waals surface area contributed by atoms with E-state index < -0.39 is 36.0 Å². The summed E-state index contributed by atoms with van der Waals surface area (Å²) in [5, 5.41) is 22.2. The minimum Gasteiger partial charge on any atom is -0.481 e. The Balaban J connectivity index is 2.80. The van der Waals surface area contributed by atoms with E-state index >= 15 is 0 Å². The van der Waals surface area contributed by atoms with Gasteiger partial charge in [0.15, 0.2) is 0 Å². The van der Waals surface area contributed by atoms with Crippen LogP contribution in [0.4, 0.5) is 4.79 Å². The SMILES string of the molecule is CC1(C)C(=O)NCCN1C(=O)NC(CC(=O)O)C(=O)O. The average Bonchev–Trinajstić information content (AvgIpc) is 2.30. The van der Waals surface area contributed by atoms with Crippen molar-refractivity contribution in [3.8, 4) is 0 Å². The number of carbonyl (C=O) groups excluding carboxylic acids is 2. The third kappa shape index (κ3) is 3.37. The second-order valence-corrected chi connectivity index (χ2v) is 4.90. The van der Waals surface area contributed by atoms with Crippen LogP contribution in [0.5, 0.6) is 0 Å². The number of hydrogen-bond donors (Lipinski definition) is 4. The quantitative estimate of drug-likeness (QED) is 0.514. The van der Waals surface area contributed by atoms with Crippen molar-refractivity contribution in [2.75, 3.05) is 13.1 Å². The van der Waals surface area contributed by atoms with Gasteiger partial charge in [-0.15, -0.1) is 0 Å². The van der Waals surface area contributed by atoms with E-state index in [2.05, 4.69) is 10.6 Å². The fourth-order valence-corrected chi connectivity index (χ4v) is 1.86. The molecule has 9 nitrogen and oxygen atoms in total. The summed E-state index contributed by atoms with van der Waals surface area (Å²) in [6.45, 7) is 3.51. The predicted molar refractivity (Wildman–Crippen MR) is 66.0 cm³/mol. The zero-order valence-electron chi connectivity index (χ0n) is 11.2. The zero-order chi connectivity index (χ0) is 15.5. The Morgan fingerprint density at radius 2 is 2.00 bits per heavy atom. The van der Waals surface area contributed by atoms with Gasteiger partial charge in [-0.3, -0.25) is 9.59 Å². The van der Waals surface area contributed by atoms with Crippen molar-refractivity contribution in [1.29, 1.82) is 0 Å². The summed E-state index contributed by atoms with van der Waals surface area (Å²) in [6, 6.07) is -2.32. The first-order valence-corrected chi connectivity index (χ1v) is 5.97. The Labute approximate surface area is 114 Å². The van der Waals surface area contributed by atoms with E-state index in [9.17, 15) is 19.2 Å². The number of piperazine rings is 1. The fraction of sp³-hybridized carbons (Fsp3) is 0.636. The van der Waals surface area contributed by atoms with Gasteiger partial charge in [0.1, 0.15) is 11.6 Å². The third-order valence-electron chi connectivity index (χ3n) is 3.07. The van der Waals surface area contributed by atoms with Gasteiger partial charge < -0.3 is 25.7 Å². The lowest BCUT2D eigenvalue weighted by Gasteiger charge is -2.41. The fourth-order valence-electron chi connectivity index (χ4n) is 1.86. The largest absolute Gasteiger partial charge is 0.481 e. The van der Waals surface area contributed by atoms with Crippen LogP contribution in [0.2, 0.25) is 0 Å². The van der Waals surface area contributed by atoms with Crippen molar-refractivity contribution in [3.05, 3.63) is 0 Å². The van der Waals surface area contributed by atoms with Crippen molar-refractivity contribution >= 4 is 23.9 Å². The number of nitrogens with one attached hydrogen (secondary N) is 2. The highest BCUT2D eigenvalue weighted by atomic mass is 16.4. The molecule has 1 heterocycles. The first-order chi connectivity index (χ1) is 9.16. The van der Waals surface area contributed by atoms with Crippen LogP contribution in [0.1, 0.15) is 20.3 Å². The number of carboxylic acid groups (broad SMARTS) is 2. The molecule has 0 saturated carbocycles. The molecule has 1 saturated heterocycles. The highest BCUT2D eigenvalue weighted by molar-refractivity contribution is 5.93. The van der Waals surface area contributed by atoms with E-state index in [0.717, 1.165) is 0 Å². The van der Waals surface area contributed by atoms with Crippen molar-refractivity contribution in [3.63, 3.8) is 0 Å². The van der Waals surface area contributed by atoms with E-state index in [1.165, 1.54) is 18.7 Å². The third-order valence-corrected chi connectivity index (χ3v) is 3.07. The van der Waals surface area contributed by atoms with Crippen molar-refractivity contribution in [2.45, 2.75) is 31.8 Å². The predicted octanol–water partition coefficient (Wildman–Crippen LogP) is -1.17. The molecule has 0 aromatic heterocycles. The summed E-state index contributed by atoms with van der Waals surface area (Å²) in [7, 11) is 0. The molecule has 0 radical (unpaired) electrons. The zero-order valence-corrected chi connectivity index (χ0v) is 11.2. The highest BCUT2D eigenvalue weighted by Crippen LogP contribution is 2.17. The van der Waals surface area contributed by atoms with Gasteiger partial charge in [-0.25, -0.2) is 9.59 Å². The maximum absolute atomic E-state index is 12.0. The number of hydrogen-bond acceptors (Lipinski definition) is 4. The van der Waals surface area contributed by atoms with Gasteiger partial charge in [0.2, 0.25) is 5.91 Å². The van der Waals surface area contributed by atoms with Crippen LogP contribution in [0.25, 0.3) is 0 Å². The number of carboxylic acids is 2. The van der Waals surface area contributed by atoms with Gasteiger partial charge in [-0.2, -0.15) is 0 Å². The maximum atomic E-state index is 12.0. The molecule has 20 heavy (non-hydrogen) atoms. The van der Waals surface area contributed by atoms with Crippen LogP contribution >= 0.6 is 0 Å². The Morgan fingerprint density at radius 3 is 2.50 bits per heavy atom. The monoisotopic (exact) mass is 287 g/mol. The summed E-state index contributed by atoms with van der Waals surface area (Å²) >= 11 is 0. The molecule has 112 valence electrons. The van der Waals surface area contributed by atoms with Crippen LogP contribution in [-0.4, -0.2) is 63.7 Å². The van der Waals surface area contributed by atoms with Crippen molar-refractivity contribution in [2.24, 2.45) is 0 Å². The maximum Gasteiger partial charge on any atom is 0.326 e. The van der Waals surface area contributed by atoms with E-state index in [1.807, 2.05) is 0 Å². The summed E-state index contributed by atoms with van der Waals surface area (Å²) in [5.41, 5.74) is -1.13. The highest BCUT2D eigenvalue weighted by Gasteiger charge is 2.41. The van der Waals surface area contributed by atoms with Gasteiger partial charge in [0, 0.05) is 13.1 Å². The summed E-state index contributed by atoms with van der Waals surface area (Å²) < 4.78 is 0. The van der Waals surface area contributed by atoms with Gasteiger partial charge in [-0.1, -0.05) is 0 Å². The Hall–Kier alpha value is -2.32. The lowest BCUT2D eigenvalue weighted by molar-refractivity contribution is -0.145. The van der Waals surface area contributed by atoms with Gasteiger partial charge in [0.25, 0.3) is 0 Å². The number of rotatable bonds is 4. The molecule has 1 aliphatic heterocycles. The molecule has 4 N–H and O–H groups in total. The normalized spacial score (nSPS) is 18.9. The second kappa shape index (κ2) is 5.76. The first-order valence-electron chi connectivity index (χ1n) is 5.97. The minimum absolute atomic E-state index is 0.212. The minimum atomic E-state index is -1.54. The molecule has 1 fully saturated rings. The second-order valence-electron chi connectivity index (χ2n) is 4.90.